The van der Waals surface area contributed by atoms with E-state index in [2.05, 4.69) is 52.9 Å². The number of nitrogens with one attached hydrogen (secondary N) is 1. The van der Waals surface area contributed by atoms with Crippen molar-refractivity contribution in [2.45, 2.75) is 33.2 Å². The number of benzene rings is 1. The van der Waals surface area contributed by atoms with Crippen LogP contribution in [0, 0.1) is 11.7 Å². The summed E-state index contributed by atoms with van der Waals surface area (Å²) in [6.45, 7) is 5.13. The highest BCUT2D eigenvalue weighted by atomic mass is 32.1. The zero-order valence-corrected chi connectivity index (χ0v) is 11.0. The number of hydrogen-bond donors (Lipinski definition) is 1. The van der Waals surface area contributed by atoms with Gasteiger partial charge in [-0.2, -0.15) is 5.10 Å². The lowest BCUT2D eigenvalue weighted by molar-refractivity contribution is 0.647. The van der Waals surface area contributed by atoms with Crippen LogP contribution in [-0.4, -0.2) is 14.8 Å². The van der Waals surface area contributed by atoms with Crippen LogP contribution in [-0.2, 0) is 19.4 Å². The van der Waals surface area contributed by atoms with Crippen molar-refractivity contribution in [3.05, 3.63) is 46.0 Å². The Kier molecular flexibility index (Phi) is 3.74. The molecule has 1 heterocycles. The molecular weight excluding hydrogens is 230 g/mol. The largest absolute Gasteiger partial charge is 0.304 e. The average molecular weight is 247 g/mol. The van der Waals surface area contributed by atoms with Crippen LogP contribution in [0.15, 0.2) is 24.3 Å². The van der Waals surface area contributed by atoms with E-state index in [1.165, 1.54) is 11.1 Å². The van der Waals surface area contributed by atoms with Crippen LogP contribution in [0.3, 0.4) is 0 Å². The second-order valence-electron chi connectivity index (χ2n) is 4.13. The highest BCUT2D eigenvalue weighted by molar-refractivity contribution is 7.71. The Morgan fingerprint density at radius 3 is 2.82 bits per heavy atom. The van der Waals surface area contributed by atoms with Crippen molar-refractivity contribution in [3.63, 3.8) is 0 Å². The van der Waals surface area contributed by atoms with E-state index >= 15 is 0 Å². The summed E-state index contributed by atoms with van der Waals surface area (Å²) in [6, 6.07) is 8.47. The van der Waals surface area contributed by atoms with E-state index in [9.17, 15) is 0 Å². The van der Waals surface area contributed by atoms with Gasteiger partial charge in [0.15, 0.2) is 4.77 Å². The molecule has 1 N–H and O–H groups in total. The van der Waals surface area contributed by atoms with E-state index in [4.69, 9.17) is 12.2 Å². The van der Waals surface area contributed by atoms with Crippen LogP contribution in [0.5, 0.6) is 0 Å². The lowest BCUT2D eigenvalue weighted by Gasteiger charge is -2.07. The fraction of sp³-hybridized carbons (Fsp3) is 0.385. The second-order valence-corrected chi connectivity index (χ2v) is 4.51. The minimum absolute atomic E-state index is 0.718. The fourth-order valence-corrected chi connectivity index (χ4v) is 2.22. The fourth-order valence-electron chi connectivity index (χ4n) is 1.97. The molecule has 0 aliphatic heterocycles. The smallest absolute Gasteiger partial charge is 0.195 e. The third-order valence-electron chi connectivity index (χ3n) is 3.02. The molecule has 0 saturated heterocycles. The first-order valence-electron chi connectivity index (χ1n) is 5.91. The maximum atomic E-state index is 5.23. The van der Waals surface area contributed by atoms with Crippen molar-refractivity contribution in [3.8, 4) is 0 Å². The van der Waals surface area contributed by atoms with Crippen LogP contribution >= 0.6 is 12.2 Å². The van der Waals surface area contributed by atoms with Gasteiger partial charge in [0, 0.05) is 13.0 Å². The Hall–Kier alpha value is -1.42. The van der Waals surface area contributed by atoms with Crippen LogP contribution in [0.4, 0.5) is 0 Å². The van der Waals surface area contributed by atoms with Crippen molar-refractivity contribution in [2.24, 2.45) is 0 Å². The summed E-state index contributed by atoms with van der Waals surface area (Å²) in [6.07, 6.45) is 1.90. The summed E-state index contributed by atoms with van der Waals surface area (Å²) >= 11 is 5.23. The zero-order valence-electron chi connectivity index (χ0n) is 10.2. The first kappa shape index (κ1) is 12.0. The van der Waals surface area contributed by atoms with Crippen molar-refractivity contribution in [1.29, 1.82) is 0 Å². The topological polar surface area (TPSA) is 33.6 Å². The third kappa shape index (κ3) is 2.64. The zero-order chi connectivity index (χ0) is 12.3. The summed E-state index contributed by atoms with van der Waals surface area (Å²) < 4.78 is 2.80. The van der Waals surface area contributed by atoms with Gasteiger partial charge in [-0.3, -0.25) is 5.10 Å². The molecule has 2 aromatic rings. The molecule has 0 saturated carbocycles. The summed E-state index contributed by atoms with van der Waals surface area (Å²) in [7, 11) is 0. The van der Waals surface area contributed by atoms with Gasteiger partial charge in [-0.25, -0.2) is 0 Å². The molecule has 0 fully saturated rings. The highest BCUT2D eigenvalue weighted by Crippen LogP contribution is 2.10. The highest BCUT2D eigenvalue weighted by Gasteiger charge is 2.04. The van der Waals surface area contributed by atoms with E-state index in [1.54, 1.807) is 0 Å². The minimum Gasteiger partial charge on any atom is -0.304 e. The second kappa shape index (κ2) is 5.27. The lowest BCUT2D eigenvalue weighted by Crippen LogP contribution is -2.06. The minimum atomic E-state index is 0.718. The Bertz CT molecular complexity index is 554. The average Bonchev–Trinajstić information content (AvgIpc) is 2.69. The Balaban J connectivity index is 2.15. The van der Waals surface area contributed by atoms with Gasteiger partial charge in [0.2, 0.25) is 0 Å². The van der Waals surface area contributed by atoms with Gasteiger partial charge in [0.1, 0.15) is 5.82 Å². The molecule has 0 unspecified atom stereocenters. The Morgan fingerprint density at radius 1 is 1.35 bits per heavy atom. The van der Waals surface area contributed by atoms with E-state index in [0.29, 0.717) is 0 Å². The molecule has 1 aromatic heterocycles. The molecule has 17 heavy (non-hydrogen) atoms. The Labute approximate surface area is 106 Å². The molecule has 1 aromatic carbocycles. The van der Waals surface area contributed by atoms with Crippen molar-refractivity contribution < 1.29 is 0 Å². The first-order valence-corrected chi connectivity index (χ1v) is 6.31. The van der Waals surface area contributed by atoms with E-state index in [0.717, 1.165) is 30.0 Å². The molecule has 0 radical (unpaired) electrons. The normalized spacial score (nSPS) is 10.7. The predicted molar refractivity (Wildman–Crippen MR) is 71.7 cm³/mol. The molecule has 0 atom stereocenters. The molecule has 2 rings (SSSR count). The van der Waals surface area contributed by atoms with Gasteiger partial charge >= 0.3 is 0 Å². The van der Waals surface area contributed by atoms with Gasteiger partial charge in [0.25, 0.3) is 0 Å². The molecule has 0 spiro atoms. The summed E-state index contributed by atoms with van der Waals surface area (Å²) in [5.41, 5.74) is 2.71. The van der Waals surface area contributed by atoms with Crippen LogP contribution in [0.2, 0.25) is 0 Å². The van der Waals surface area contributed by atoms with Gasteiger partial charge in [-0.05, 0) is 36.7 Å². The predicted octanol–water partition coefficient (Wildman–Crippen LogP) is 3.05. The molecule has 0 aliphatic rings. The van der Waals surface area contributed by atoms with E-state index in [-0.39, 0.29) is 0 Å². The number of aromatic nitrogens is 3. The summed E-state index contributed by atoms with van der Waals surface area (Å²) in [5, 5.41) is 7.07. The number of rotatable bonds is 4. The Morgan fingerprint density at radius 2 is 2.12 bits per heavy atom. The number of nitrogens with zero attached hydrogens (tertiary/aromatic N) is 2. The molecule has 4 heteroatoms. The summed E-state index contributed by atoms with van der Waals surface area (Å²) in [5.74, 6) is 1.03. The molecular formula is C13H17N3S. The number of H-pyrrole nitrogens is 1. The maximum absolute atomic E-state index is 5.23. The van der Waals surface area contributed by atoms with Crippen molar-refractivity contribution in [1.82, 2.24) is 14.8 Å². The lowest BCUT2D eigenvalue weighted by atomic mass is 10.1. The van der Waals surface area contributed by atoms with Crippen LogP contribution < -0.4 is 0 Å². The van der Waals surface area contributed by atoms with Crippen LogP contribution in [0.25, 0.3) is 0 Å². The first-order chi connectivity index (χ1) is 8.22. The molecule has 0 amide bonds. The quantitative estimate of drug-likeness (QED) is 0.842. The number of hydrogen-bond acceptors (Lipinski definition) is 2. The summed E-state index contributed by atoms with van der Waals surface area (Å²) in [4.78, 5) is 0. The molecule has 0 aliphatic carbocycles. The van der Waals surface area contributed by atoms with Gasteiger partial charge in [-0.15, -0.1) is 0 Å². The standard InChI is InChI=1S/C13H17N3S/c1-3-12-14-15-13(17)16(12)9-8-11-7-5-4-6-10(11)2/h4-7H,3,8-9H2,1-2H3,(H,15,17). The van der Waals surface area contributed by atoms with Gasteiger partial charge in [0.05, 0.1) is 0 Å². The van der Waals surface area contributed by atoms with Crippen LogP contribution in [0.1, 0.15) is 23.9 Å². The SMILES string of the molecule is CCc1n[nH]c(=S)n1CCc1ccccc1C. The van der Waals surface area contributed by atoms with E-state index < -0.39 is 0 Å². The van der Waals surface area contributed by atoms with Crippen molar-refractivity contribution >= 4 is 12.2 Å². The van der Waals surface area contributed by atoms with E-state index in [1.807, 2.05) is 0 Å². The monoisotopic (exact) mass is 247 g/mol. The number of aromatic amines is 1. The number of aryl methyl sites for hydroxylation is 3. The maximum Gasteiger partial charge on any atom is 0.195 e. The third-order valence-corrected chi connectivity index (χ3v) is 3.33. The van der Waals surface area contributed by atoms with Gasteiger partial charge < -0.3 is 4.57 Å². The molecule has 90 valence electrons. The molecule has 3 nitrogen and oxygen atoms in total. The van der Waals surface area contributed by atoms with Crippen molar-refractivity contribution in [2.75, 3.05) is 0 Å². The molecule has 0 bridgehead atoms. The van der Waals surface area contributed by atoms with Gasteiger partial charge in [-0.1, -0.05) is 31.2 Å².